The van der Waals surface area contributed by atoms with E-state index >= 15 is 0 Å². The van der Waals surface area contributed by atoms with E-state index in [-0.39, 0.29) is 0 Å². The molecule has 13 heavy (non-hydrogen) atoms. The molecule has 0 amide bonds. The van der Waals surface area contributed by atoms with Crippen LogP contribution in [0.5, 0.6) is 0 Å². The van der Waals surface area contributed by atoms with E-state index in [0.717, 1.165) is 12.1 Å². The van der Waals surface area contributed by atoms with Gasteiger partial charge in [0.2, 0.25) is 0 Å². The van der Waals surface area contributed by atoms with Crippen LogP contribution >= 0.6 is 0 Å². The number of hydrogen-bond donors (Lipinski definition) is 1. The second-order valence-electron chi connectivity index (χ2n) is 3.48. The van der Waals surface area contributed by atoms with Gasteiger partial charge in [-0.2, -0.15) is 0 Å². The lowest BCUT2D eigenvalue weighted by molar-refractivity contribution is 0.0298. The zero-order valence-corrected chi connectivity index (χ0v) is 8.92. The molecule has 0 aromatic rings. The molecule has 0 saturated heterocycles. The summed E-state index contributed by atoms with van der Waals surface area (Å²) in [5, 5.41) is 9.47. The number of aliphatic hydroxyl groups excluding tert-OH is 1. The van der Waals surface area contributed by atoms with E-state index in [1.807, 2.05) is 14.0 Å². The summed E-state index contributed by atoms with van der Waals surface area (Å²) in [4.78, 5) is 2.05. The van der Waals surface area contributed by atoms with E-state index in [0.29, 0.717) is 19.8 Å². The topological polar surface area (TPSA) is 32.7 Å². The van der Waals surface area contributed by atoms with Crippen LogP contribution in [-0.4, -0.2) is 49.5 Å². The Kier molecular flexibility index (Phi) is 6.86. The number of aliphatic hydroxyl groups is 1. The highest BCUT2D eigenvalue weighted by Crippen LogP contribution is 1.93. The first kappa shape index (κ1) is 12.6. The highest BCUT2D eigenvalue weighted by atomic mass is 16.5. The largest absolute Gasteiger partial charge is 0.389 e. The minimum atomic E-state index is -0.399. The van der Waals surface area contributed by atoms with Gasteiger partial charge in [-0.25, -0.2) is 0 Å². The van der Waals surface area contributed by atoms with E-state index in [2.05, 4.69) is 18.4 Å². The van der Waals surface area contributed by atoms with Gasteiger partial charge in [-0.3, -0.25) is 0 Å². The van der Waals surface area contributed by atoms with Gasteiger partial charge in [-0.15, -0.1) is 0 Å². The van der Waals surface area contributed by atoms with E-state index in [9.17, 15) is 5.11 Å². The van der Waals surface area contributed by atoms with Gasteiger partial charge in [0, 0.05) is 6.54 Å². The molecule has 0 spiro atoms. The van der Waals surface area contributed by atoms with Crippen LogP contribution in [0.2, 0.25) is 0 Å². The summed E-state index contributed by atoms with van der Waals surface area (Å²) >= 11 is 0. The molecule has 0 aliphatic heterocycles. The molecule has 0 aliphatic carbocycles. The van der Waals surface area contributed by atoms with Gasteiger partial charge >= 0.3 is 0 Å². The van der Waals surface area contributed by atoms with Crippen molar-refractivity contribution in [2.75, 3.05) is 33.4 Å². The van der Waals surface area contributed by atoms with Crippen molar-refractivity contribution in [3.05, 3.63) is 12.2 Å². The van der Waals surface area contributed by atoms with Gasteiger partial charge < -0.3 is 14.7 Å². The van der Waals surface area contributed by atoms with Crippen molar-refractivity contribution >= 4 is 0 Å². The second kappa shape index (κ2) is 7.06. The Balaban J connectivity index is 3.39. The predicted octanol–water partition coefficient (Wildman–Crippen LogP) is 0.892. The first-order chi connectivity index (χ1) is 6.06. The summed E-state index contributed by atoms with van der Waals surface area (Å²) in [5.74, 6) is 0. The standard InChI is InChI=1S/C10H21NO2/c1-5-11(4)6-10(12)8-13-7-9(2)3/h10,12H,2,5-8H2,1,3-4H3. The molecule has 0 rings (SSSR count). The monoisotopic (exact) mass is 187 g/mol. The SMILES string of the molecule is C=C(C)COCC(O)CN(C)CC. The van der Waals surface area contributed by atoms with Crippen LogP contribution in [0.15, 0.2) is 12.2 Å². The fraction of sp³-hybridized carbons (Fsp3) is 0.800. The number of ether oxygens (including phenoxy) is 1. The third-order valence-electron chi connectivity index (χ3n) is 1.72. The van der Waals surface area contributed by atoms with Crippen molar-refractivity contribution in [1.82, 2.24) is 4.90 Å². The van der Waals surface area contributed by atoms with E-state index < -0.39 is 6.10 Å². The molecule has 1 unspecified atom stereocenters. The Hall–Kier alpha value is -0.380. The Bertz CT molecular complexity index is 148. The first-order valence-electron chi connectivity index (χ1n) is 4.65. The molecule has 1 atom stereocenters. The highest BCUT2D eigenvalue weighted by Gasteiger charge is 2.06. The smallest absolute Gasteiger partial charge is 0.0900 e. The van der Waals surface area contributed by atoms with Crippen LogP contribution in [-0.2, 0) is 4.74 Å². The molecular weight excluding hydrogens is 166 g/mol. The van der Waals surface area contributed by atoms with Gasteiger partial charge in [0.1, 0.15) is 0 Å². The van der Waals surface area contributed by atoms with Gasteiger partial charge in [-0.1, -0.05) is 19.1 Å². The highest BCUT2D eigenvalue weighted by molar-refractivity contribution is 4.87. The predicted molar refractivity (Wildman–Crippen MR) is 54.8 cm³/mol. The normalized spacial score (nSPS) is 13.3. The Morgan fingerprint density at radius 3 is 2.69 bits per heavy atom. The lowest BCUT2D eigenvalue weighted by Crippen LogP contribution is -2.32. The molecule has 78 valence electrons. The zero-order valence-electron chi connectivity index (χ0n) is 8.92. The number of rotatable bonds is 7. The van der Waals surface area contributed by atoms with Crippen molar-refractivity contribution in [2.45, 2.75) is 20.0 Å². The van der Waals surface area contributed by atoms with Crippen molar-refractivity contribution in [2.24, 2.45) is 0 Å². The average Bonchev–Trinajstić information content (AvgIpc) is 2.03. The lowest BCUT2D eigenvalue weighted by atomic mass is 10.3. The summed E-state index contributed by atoms with van der Waals surface area (Å²) in [5.41, 5.74) is 0.982. The first-order valence-corrected chi connectivity index (χ1v) is 4.65. The minimum absolute atomic E-state index is 0.386. The molecule has 0 aliphatic rings. The summed E-state index contributed by atoms with van der Waals surface area (Å²) in [6.07, 6.45) is -0.399. The van der Waals surface area contributed by atoms with Crippen LogP contribution in [0.3, 0.4) is 0 Å². The van der Waals surface area contributed by atoms with Crippen molar-refractivity contribution in [3.8, 4) is 0 Å². The zero-order chi connectivity index (χ0) is 10.3. The molecular formula is C10H21NO2. The van der Waals surface area contributed by atoms with E-state index in [4.69, 9.17) is 4.74 Å². The fourth-order valence-corrected chi connectivity index (χ4v) is 0.911. The summed E-state index contributed by atoms with van der Waals surface area (Å²) < 4.78 is 5.23. The molecule has 0 bridgehead atoms. The Morgan fingerprint density at radius 2 is 2.23 bits per heavy atom. The molecule has 1 N–H and O–H groups in total. The van der Waals surface area contributed by atoms with Crippen LogP contribution in [0, 0.1) is 0 Å². The van der Waals surface area contributed by atoms with Gasteiger partial charge in [0.05, 0.1) is 19.3 Å². The minimum Gasteiger partial charge on any atom is -0.389 e. The molecule has 0 aromatic carbocycles. The van der Waals surface area contributed by atoms with E-state index in [1.165, 1.54) is 0 Å². The van der Waals surface area contributed by atoms with Crippen LogP contribution in [0.1, 0.15) is 13.8 Å². The van der Waals surface area contributed by atoms with Crippen molar-refractivity contribution in [1.29, 1.82) is 0 Å². The molecule has 0 fully saturated rings. The lowest BCUT2D eigenvalue weighted by Gasteiger charge is -2.18. The summed E-state index contributed by atoms with van der Waals surface area (Å²) in [6.45, 7) is 10.2. The quantitative estimate of drug-likeness (QED) is 0.601. The maximum absolute atomic E-state index is 9.47. The van der Waals surface area contributed by atoms with Crippen molar-refractivity contribution in [3.63, 3.8) is 0 Å². The van der Waals surface area contributed by atoms with Crippen LogP contribution in [0.4, 0.5) is 0 Å². The molecule has 3 nitrogen and oxygen atoms in total. The molecule has 0 saturated carbocycles. The molecule has 0 heterocycles. The summed E-state index contributed by atoms with van der Waals surface area (Å²) in [6, 6.07) is 0. The third kappa shape index (κ3) is 7.96. The molecule has 0 aromatic heterocycles. The maximum atomic E-state index is 9.47. The summed E-state index contributed by atoms with van der Waals surface area (Å²) in [7, 11) is 1.97. The van der Waals surface area contributed by atoms with E-state index in [1.54, 1.807) is 0 Å². The van der Waals surface area contributed by atoms with Gasteiger partial charge in [0.15, 0.2) is 0 Å². The molecule has 0 radical (unpaired) electrons. The number of hydrogen-bond acceptors (Lipinski definition) is 3. The second-order valence-corrected chi connectivity index (χ2v) is 3.48. The van der Waals surface area contributed by atoms with Crippen LogP contribution in [0.25, 0.3) is 0 Å². The average molecular weight is 187 g/mol. The third-order valence-corrected chi connectivity index (χ3v) is 1.72. The Morgan fingerprint density at radius 1 is 1.62 bits per heavy atom. The van der Waals surface area contributed by atoms with Gasteiger partial charge in [-0.05, 0) is 20.5 Å². The Labute approximate surface area is 81.0 Å². The fourth-order valence-electron chi connectivity index (χ4n) is 0.911. The number of likely N-dealkylation sites (N-methyl/N-ethyl adjacent to an activating group) is 1. The van der Waals surface area contributed by atoms with Gasteiger partial charge in [0.25, 0.3) is 0 Å². The van der Waals surface area contributed by atoms with Crippen LogP contribution < -0.4 is 0 Å². The molecule has 3 heteroatoms. The maximum Gasteiger partial charge on any atom is 0.0900 e. The van der Waals surface area contributed by atoms with Crippen molar-refractivity contribution < 1.29 is 9.84 Å². The number of nitrogens with zero attached hydrogens (tertiary/aromatic N) is 1.